The molecule has 5 nitrogen and oxygen atoms in total. The monoisotopic (exact) mass is 551 g/mol. The van der Waals surface area contributed by atoms with Crippen molar-refractivity contribution >= 4 is 61.9 Å². The third-order valence-electron chi connectivity index (χ3n) is 5.61. The molecule has 1 fully saturated rings. The maximum Gasteiger partial charge on any atom is 0.269 e. The average molecular weight is 553 g/mol. The first-order chi connectivity index (χ1) is 16.5. The summed E-state index contributed by atoms with van der Waals surface area (Å²) >= 11 is 6.53. The van der Waals surface area contributed by atoms with Gasteiger partial charge < -0.3 is 9.64 Å². The number of hydrogen-bond acceptors (Lipinski definition) is 6. The van der Waals surface area contributed by atoms with Crippen molar-refractivity contribution in [3.05, 3.63) is 92.8 Å². The molecule has 3 aromatic rings. The van der Waals surface area contributed by atoms with Crippen molar-refractivity contribution in [2.75, 3.05) is 25.6 Å². The van der Waals surface area contributed by atoms with Gasteiger partial charge in [-0.1, -0.05) is 58.0 Å². The number of hydrogen-bond donors (Lipinski definition) is 0. The van der Waals surface area contributed by atoms with Crippen LogP contribution in [0.25, 0.3) is 0 Å². The van der Waals surface area contributed by atoms with Crippen molar-refractivity contribution in [1.82, 2.24) is 4.90 Å². The van der Waals surface area contributed by atoms with E-state index in [0.717, 1.165) is 37.9 Å². The Morgan fingerprint density at radius 1 is 1.00 bits per heavy atom. The maximum atomic E-state index is 13.7. The summed E-state index contributed by atoms with van der Waals surface area (Å²) in [6, 6.07) is 24.0. The van der Waals surface area contributed by atoms with Crippen molar-refractivity contribution in [3.63, 3.8) is 0 Å². The second kappa shape index (κ2) is 9.90. The number of amides is 1. The number of amidine groups is 1. The summed E-state index contributed by atoms with van der Waals surface area (Å²) in [5.41, 5.74) is 3.04. The van der Waals surface area contributed by atoms with Gasteiger partial charge in [-0.25, -0.2) is 4.99 Å². The van der Waals surface area contributed by atoms with Gasteiger partial charge in [0.2, 0.25) is 0 Å². The highest BCUT2D eigenvalue weighted by Crippen LogP contribution is 2.51. The Kier molecular flexibility index (Phi) is 6.72. The number of benzene rings is 3. The van der Waals surface area contributed by atoms with E-state index in [1.807, 2.05) is 67.7 Å². The molecule has 172 valence electrons. The van der Waals surface area contributed by atoms with Crippen LogP contribution in [0.1, 0.15) is 5.56 Å². The molecule has 0 atom stereocenters. The Labute approximate surface area is 216 Å². The van der Waals surface area contributed by atoms with Crippen LogP contribution in [0.3, 0.4) is 0 Å². The molecule has 0 saturated carbocycles. The van der Waals surface area contributed by atoms with Crippen LogP contribution < -0.4 is 9.64 Å². The topological polar surface area (TPSA) is 45.1 Å². The first-order valence-electron chi connectivity index (χ1n) is 10.8. The SMILES string of the molecule is COc1ccc2c(c1)N(C)C(=C1SC(=Nc3ccc(Br)cc3)N(CCc3ccccc3)C1=O)S2. The molecule has 1 amide bonds. The second-order valence-corrected chi connectivity index (χ2v) is 10.7. The summed E-state index contributed by atoms with van der Waals surface area (Å²) in [7, 11) is 3.65. The number of thioether (sulfide) groups is 2. The lowest BCUT2D eigenvalue weighted by Crippen LogP contribution is -2.31. The summed E-state index contributed by atoms with van der Waals surface area (Å²) in [5.74, 6) is 0.788. The van der Waals surface area contributed by atoms with Gasteiger partial charge >= 0.3 is 0 Å². The first-order valence-corrected chi connectivity index (χ1v) is 13.2. The van der Waals surface area contributed by atoms with Gasteiger partial charge in [0.25, 0.3) is 5.91 Å². The zero-order valence-corrected chi connectivity index (χ0v) is 21.9. The van der Waals surface area contributed by atoms with E-state index in [1.165, 1.54) is 17.3 Å². The Morgan fingerprint density at radius 2 is 1.76 bits per heavy atom. The highest BCUT2D eigenvalue weighted by Gasteiger charge is 2.39. The zero-order valence-electron chi connectivity index (χ0n) is 18.7. The van der Waals surface area contributed by atoms with Crippen LogP contribution in [0, 0.1) is 0 Å². The number of aliphatic imine (C=N–C) groups is 1. The summed E-state index contributed by atoms with van der Waals surface area (Å²) in [6.07, 6.45) is 0.759. The zero-order chi connectivity index (χ0) is 23.7. The normalized spacial score (nSPS) is 18.7. The van der Waals surface area contributed by atoms with Crippen molar-refractivity contribution in [2.24, 2.45) is 4.99 Å². The third kappa shape index (κ3) is 4.62. The lowest BCUT2D eigenvalue weighted by Gasteiger charge is -2.17. The van der Waals surface area contributed by atoms with Crippen molar-refractivity contribution in [1.29, 1.82) is 0 Å². The minimum atomic E-state index is -0.00841. The van der Waals surface area contributed by atoms with E-state index in [0.29, 0.717) is 16.6 Å². The van der Waals surface area contributed by atoms with E-state index in [9.17, 15) is 4.79 Å². The highest BCUT2D eigenvalue weighted by molar-refractivity contribution is 9.10. The van der Waals surface area contributed by atoms with E-state index in [-0.39, 0.29) is 5.91 Å². The Morgan fingerprint density at radius 3 is 2.50 bits per heavy atom. The summed E-state index contributed by atoms with van der Waals surface area (Å²) in [5, 5.41) is 1.62. The second-order valence-electron chi connectivity index (χ2n) is 7.79. The molecule has 1 saturated heterocycles. The molecule has 0 unspecified atom stereocenters. The molecule has 2 aliphatic heterocycles. The first kappa shape index (κ1) is 23.1. The van der Waals surface area contributed by atoms with Crippen LogP contribution in [-0.2, 0) is 11.2 Å². The van der Waals surface area contributed by atoms with Crippen LogP contribution in [0.15, 0.2) is 97.1 Å². The smallest absolute Gasteiger partial charge is 0.269 e. The summed E-state index contributed by atoms with van der Waals surface area (Å²) < 4.78 is 6.39. The third-order valence-corrected chi connectivity index (χ3v) is 8.58. The Bertz CT molecular complexity index is 1290. The molecule has 5 rings (SSSR count). The molecule has 2 aliphatic rings. The van der Waals surface area contributed by atoms with E-state index in [2.05, 4.69) is 33.0 Å². The molecule has 0 aliphatic carbocycles. The predicted molar refractivity (Wildman–Crippen MR) is 145 cm³/mol. The van der Waals surface area contributed by atoms with E-state index >= 15 is 0 Å². The Hall–Kier alpha value is -2.68. The standard InChI is InChI=1S/C26H22BrN3O2S2/c1-29-21-16-20(32-2)12-13-22(21)33-25(29)23-24(31)30(15-14-17-6-4-3-5-7-17)26(34-23)28-19-10-8-18(27)9-11-19/h3-13,16H,14-15H2,1-2H3. The predicted octanol–water partition coefficient (Wildman–Crippen LogP) is 6.67. The minimum Gasteiger partial charge on any atom is -0.497 e. The molecular weight excluding hydrogens is 530 g/mol. The van der Waals surface area contributed by atoms with Gasteiger partial charge in [0, 0.05) is 29.0 Å². The van der Waals surface area contributed by atoms with Crippen molar-refractivity contribution in [3.8, 4) is 5.75 Å². The van der Waals surface area contributed by atoms with Crippen molar-refractivity contribution < 1.29 is 9.53 Å². The lowest BCUT2D eigenvalue weighted by atomic mass is 10.1. The van der Waals surface area contributed by atoms with Gasteiger partial charge in [-0.15, -0.1) is 0 Å². The molecule has 0 N–H and O–H groups in total. The average Bonchev–Trinajstić information content (AvgIpc) is 3.35. The number of carbonyl (C=O) groups is 1. The minimum absolute atomic E-state index is 0.00841. The van der Waals surface area contributed by atoms with Gasteiger partial charge in [-0.05, 0) is 60.1 Å². The van der Waals surface area contributed by atoms with Crippen LogP contribution in [0.5, 0.6) is 5.75 Å². The molecule has 34 heavy (non-hydrogen) atoms. The molecule has 0 radical (unpaired) electrons. The molecule has 3 aromatic carbocycles. The number of carbonyl (C=O) groups excluding carboxylic acids is 1. The van der Waals surface area contributed by atoms with E-state index in [1.54, 1.807) is 23.8 Å². The number of ether oxygens (including phenoxy) is 1. The maximum absolute atomic E-state index is 13.7. The molecule has 0 spiro atoms. The van der Waals surface area contributed by atoms with Gasteiger partial charge in [-0.2, -0.15) is 0 Å². The molecule has 8 heteroatoms. The number of halogens is 1. The van der Waals surface area contributed by atoms with E-state index in [4.69, 9.17) is 9.73 Å². The number of rotatable bonds is 5. The van der Waals surface area contributed by atoms with Gasteiger partial charge in [0.15, 0.2) is 5.17 Å². The van der Waals surface area contributed by atoms with Gasteiger partial charge in [0.1, 0.15) is 10.7 Å². The van der Waals surface area contributed by atoms with Crippen LogP contribution >= 0.6 is 39.5 Å². The fraction of sp³-hybridized carbons (Fsp3) is 0.154. The van der Waals surface area contributed by atoms with Crippen LogP contribution in [0.4, 0.5) is 11.4 Å². The quantitative estimate of drug-likeness (QED) is 0.331. The van der Waals surface area contributed by atoms with Gasteiger partial charge in [-0.3, -0.25) is 9.69 Å². The van der Waals surface area contributed by atoms with E-state index < -0.39 is 0 Å². The van der Waals surface area contributed by atoms with Crippen LogP contribution in [0.2, 0.25) is 0 Å². The number of nitrogens with zero attached hydrogens (tertiary/aromatic N) is 3. The fourth-order valence-electron chi connectivity index (χ4n) is 3.78. The largest absolute Gasteiger partial charge is 0.497 e. The number of fused-ring (bicyclic) bond motifs is 1. The highest BCUT2D eigenvalue weighted by atomic mass is 79.9. The molecule has 2 heterocycles. The molecule has 0 aromatic heterocycles. The lowest BCUT2D eigenvalue weighted by molar-refractivity contribution is -0.122. The number of methoxy groups -OCH3 is 1. The van der Waals surface area contributed by atoms with Crippen molar-refractivity contribution in [2.45, 2.75) is 11.3 Å². The number of anilines is 1. The Balaban J connectivity index is 1.49. The van der Waals surface area contributed by atoms with Gasteiger partial charge in [0.05, 0.1) is 23.5 Å². The molecular formula is C26H22BrN3O2S2. The summed E-state index contributed by atoms with van der Waals surface area (Å²) in [6.45, 7) is 0.567. The molecule has 0 bridgehead atoms. The fourth-order valence-corrected chi connectivity index (χ4v) is 6.39. The van der Waals surface area contributed by atoms with Crippen LogP contribution in [-0.4, -0.2) is 36.7 Å². The summed E-state index contributed by atoms with van der Waals surface area (Å²) in [4.78, 5) is 24.2.